The minimum absolute atomic E-state index is 0.127. The highest BCUT2D eigenvalue weighted by atomic mass is 16.1. The quantitative estimate of drug-likeness (QED) is 0.725. The van der Waals surface area contributed by atoms with Crippen LogP contribution in [0.15, 0.2) is 24.3 Å². The second-order valence-corrected chi connectivity index (χ2v) is 4.95. The van der Waals surface area contributed by atoms with Gasteiger partial charge in [-0.3, -0.25) is 4.79 Å². The van der Waals surface area contributed by atoms with Crippen molar-refractivity contribution in [3.05, 3.63) is 35.4 Å². The lowest BCUT2D eigenvalue weighted by Crippen LogP contribution is -2.34. The number of nitrogens with one attached hydrogen (secondary N) is 2. The highest BCUT2D eigenvalue weighted by Crippen LogP contribution is 2.06. The normalized spacial score (nSPS) is 10.7. The molecule has 1 aromatic rings. The number of rotatable bonds is 7. The van der Waals surface area contributed by atoms with Gasteiger partial charge in [0.25, 0.3) is 0 Å². The van der Waals surface area contributed by atoms with Gasteiger partial charge in [-0.1, -0.05) is 43.7 Å². The Morgan fingerprint density at radius 2 is 2.06 bits per heavy atom. The van der Waals surface area contributed by atoms with Crippen LogP contribution in [0.4, 0.5) is 0 Å². The molecule has 0 spiro atoms. The van der Waals surface area contributed by atoms with Crippen molar-refractivity contribution in [2.75, 3.05) is 13.1 Å². The lowest BCUT2D eigenvalue weighted by Gasteiger charge is -2.09. The van der Waals surface area contributed by atoms with E-state index in [4.69, 9.17) is 0 Å². The Kier molecular flexibility index (Phi) is 6.44. The molecule has 3 heteroatoms. The first kappa shape index (κ1) is 14.7. The highest BCUT2D eigenvalue weighted by molar-refractivity contribution is 5.76. The molecule has 100 valence electrons. The van der Waals surface area contributed by atoms with E-state index < -0.39 is 0 Å². The molecule has 0 aliphatic rings. The van der Waals surface area contributed by atoms with E-state index in [1.54, 1.807) is 0 Å². The summed E-state index contributed by atoms with van der Waals surface area (Å²) in [6.45, 7) is 7.79. The standard InChI is InChI=1S/C15H24N2O/c1-12(2)16-9-10-17-15(18)8-7-14-6-4-5-13(3)11-14/h4-6,11-12,16H,7-10H2,1-3H3,(H,17,18). The van der Waals surface area contributed by atoms with Crippen molar-refractivity contribution in [1.29, 1.82) is 0 Å². The maximum atomic E-state index is 11.6. The van der Waals surface area contributed by atoms with Crippen LogP contribution in [0.5, 0.6) is 0 Å². The van der Waals surface area contributed by atoms with E-state index in [1.807, 2.05) is 6.07 Å². The molecule has 0 saturated heterocycles. The number of aryl methyl sites for hydroxylation is 2. The Bertz CT molecular complexity index is 375. The zero-order chi connectivity index (χ0) is 13.4. The molecule has 0 unspecified atom stereocenters. The van der Waals surface area contributed by atoms with Gasteiger partial charge in [0.05, 0.1) is 0 Å². The fourth-order valence-corrected chi connectivity index (χ4v) is 1.78. The molecule has 0 bridgehead atoms. The zero-order valence-electron chi connectivity index (χ0n) is 11.6. The third-order valence-electron chi connectivity index (χ3n) is 2.72. The number of benzene rings is 1. The molecule has 0 aliphatic heterocycles. The average molecular weight is 248 g/mol. The van der Waals surface area contributed by atoms with E-state index in [1.165, 1.54) is 11.1 Å². The van der Waals surface area contributed by atoms with E-state index in [0.717, 1.165) is 13.0 Å². The topological polar surface area (TPSA) is 41.1 Å². The Balaban J connectivity index is 2.17. The van der Waals surface area contributed by atoms with Crippen LogP contribution in [0, 0.1) is 6.92 Å². The molecule has 0 aliphatic carbocycles. The van der Waals surface area contributed by atoms with Gasteiger partial charge in [0.15, 0.2) is 0 Å². The summed E-state index contributed by atoms with van der Waals surface area (Å²) < 4.78 is 0. The summed E-state index contributed by atoms with van der Waals surface area (Å²) in [7, 11) is 0. The third kappa shape index (κ3) is 6.40. The van der Waals surface area contributed by atoms with E-state index in [0.29, 0.717) is 19.0 Å². The van der Waals surface area contributed by atoms with Crippen LogP contribution in [-0.2, 0) is 11.2 Å². The molecule has 0 heterocycles. The van der Waals surface area contributed by atoms with E-state index in [9.17, 15) is 4.79 Å². The number of hydrogen-bond donors (Lipinski definition) is 2. The monoisotopic (exact) mass is 248 g/mol. The maximum Gasteiger partial charge on any atom is 0.220 e. The summed E-state index contributed by atoms with van der Waals surface area (Å²) in [5.74, 6) is 0.127. The maximum absolute atomic E-state index is 11.6. The predicted molar refractivity (Wildman–Crippen MR) is 75.6 cm³/mol. The van der Waals surface area contributed by atoms with Gasteiger partial charge in [-0.15, -0.1) is 0 Å². The fourth-order valence-electron chi connectivity index (χ4n) is 1.78. The van der Waals surface area contributed by atoms with E-state index >= 15 is 0 Å². The van der Waals surface area contributed by atoms with Crippen molar-refractivity contribution in [2.45, 2.75) is 39.7 Å². The van der Waals surface area contributed by atoms with Gasteiger partial charge in [-0.05, 0) is 18.9 Å². The fraction of sp³-hybridized carbons (Fsp3) is 0.533. The Labute approximate surface area is 110 Å². The van der Waals surface area contributed by atoms with Crippen LogP contribution in [-0.4, -0.2) is 25.0 Å². The SMILES string of the molecule is Cc1cccc(CCC(=O)NCCNC(C)C)c1. The largest absolute Gasteiger partial charge is 0.355 e. The van der Waals surface area contributed by atoms with Gasteiger partial charge < -0.3 is 10.6 Å². The predicted octanol–water partition coefficient (Wildman–Crippen LogP) is 2.04. The number of hydrogen-bond acceptors (Lipinski definition) is 2. The van der Waals surface area contributed by atoms with Gasteiger partial charge in [-0.25, -0.2) is 0 Å². The van der Waals surface area contributed by atoms with E-state index in [2.05, 4.69) is 49.6 Å². The molecule has 0 saturated carbocycles. The molecular weight excluding hydrogens is 224 g/mol. The van der Waals surface area contributed by atoms with Gasteiger partial charge in [0.2, 0.25) is 5.91 Å². The van der Waals surface area contributed by atoms with E-state index in [-0.39, 0.29) is 5.91 Å². The summed E-state index contributed by atoms with van der Waals surface area (Å²) in [5.41, 5.74) is 2.47. The average Bonchev–Trinajstić information content (AvgIpc) is 2.32. The van der Waals surface area contributed by atoms with Gasteiger partial charge >= 0.3 is 0 Å². The molecule has 1 aromatic carbocycles. The van der Waals surface area contributed by atoms with Gasteiger partial charge in [0.1, 0.15) is 0 Å². The molecule has 1 rings (SSSR count). The first-order valence-electron chi connectivity index (χ1n) is 6.63. The van der Waals surface area contributed by atoms with Crippen LogP contribution in [0.25, 0.3) is 0 Å². The van der Waals surface area contributed by atoms with Crippen molar-refractivity contribution < 1.29 is 4.79 Å². The van der Waals surface area contributed by atoms with Gasteiger partial charge in [0, 0.05) is 25.6 Å². The molecule has 18 heavy (non-hydrogen) atoms. The Morgan fingerprint density at radius 3 is 2.72 bits per heavy atom. The van der Waals surface area contributed by atoms with Crippen LogP contribution in [0.2, 0.25) is 0 Å². The molecular formula is C15H24N2O. The lowest BCUT2D eigenvalue weighted by molar-refractivity contribution is -0.121. The summed E-state index contributed by atoms with van der Waals surface area (Å²) in [6.07, 6.45) is 1.37. The number of carbonyl (C=O) groups excluding carboxylic acids is 1. The number of carbonyl (C=O) groups is 1. The molecule has 1 amide bonds. The van der Waals surface area contributed by atoms with Crippen molar-refractivity contribution in [3.63, 3.8) is 0 Å². The van der Waals surface area contributed by atoms with Crippen LogP contribution >= 0.6 is 0 Å². The summed E-state index contributed by atoms with van der Waals surface area (Å²) >= 11 is 0. The molecule has 0 radical (unpaired) electrons. The van der Waals surface area contributed by atoms with Crippen LogP contribution in [0.1, 0.15) is 31.4 Å². The summed E-state index contributed by atoms with van der Waals surface area (Å²) in [5, 5.41) is 6.19. The summed E-state index contributed by atoms with van der Waals surface area (Å²) in [4.78, 5) is 11.6. The van der Waals surface area contributed by atoms with Crippen molar-refractivity contribution in [3.8, 4) is 0 Å². The van der Waals surface area contributed by atoms with Crippen molar-refractivity contribution in [2.24, 2.45) is 0 Å². The molecule has 0 aromatic heterocycles. The Morgan fingerprint density at radius 1 is 1.28 bits per heavy atom. The molecule has 0 atom stereocenters. The lowest BCUT2D eigenvalue weighted by atomic mass is 10.1. The highest BCUT2D eigenvalue weighted by Gasteiger charge is 2.02. The second kappa shape index (κ2) is 7.88. The Hall–Kier alpha value is -1.35. The van der Waals surface area contributed by atoms with Crippen molar-refractivity contribution in [1.82, 2.24) is 10.6 Å². The minimum Gasteiger partial charge on any atom is -0.355 e. The zero-order valence-corrected chi connectivity index (χ0v) is 11.6. The number of amides is 1. The molecule has 3 nitrogen and oxygen atoms in total. The minimum atomic E-state index is 0.127. The van der Waals surface area contributed by atoms with Crippen LogP contribution in [0.3, 0.4) is 0 Å². The smallest absolute Gasteiger partial charge is 0.220 e. The first-order chi connectivity index (χ1) is 8.58. The first-order valence-corrected chi connectivity index (χ1v) is 6.63. The third-order valence-corrected chi connectivity index (χ3v) is 2.72. The second-order valence-electron chi connectivity index (χ2n) is 4.95. The van der Waals surface area contributed by atoms with Crippen molar-refractivity contribution >= 4 is 5.91 Å². The molecule has 0 fully saturated rings. The van der Waals surface area contributed by atoms with Gasteiger partial charge in [-0.2, -0.15) is 0 Å². The molecule has 2 N–H and O–H groups in total. The summed E-state index contributed by atoms with van der Waals surface area (Å²) in [6, 6.07) is 8.78. The van der Waals surface area contributed by atoms with Crippen LogP contribution < -0.4 is 10.6 Å².